The first-order valence-electron chi connectivity index (χ1n) is 10.6. The van der Waals surface area contributed by atoms with Gasteiger partial charge in [0, 0.05) is 30.1 Å². The minimum Gasteiger partial charge on any atom is -0.383 e. The molecule has 0 bridgehead atoms. The molecule has 6 nitrogen and oxygen atoms in total. The van der Waals surface area contributed by atoms with Gasteiger partial charge < -0.3 is 15.3 Å². The fourth-order valence-electron chi connectivity index (χ4n) is 3.96. The molecule has 1 aromatic heterocycles. The summed E-state index contributed by atoms with van der Waals surface area (Å²) in [6.07, 6.45) is 1.14. The second-order valence-corrected chi connectivity index (χ2v) is 7.90. The fraction of sp³-hybridized carbons (Fsp3) is 0.375. The third-order valence-electron chi connectivity index (χ3n) is 5.80. The molecule has 156 valence electrons. The molecule has 0 aliphatic carbocycles. The Morgan fingerprint density at radius 1 is 1.13 bits per heavy atom. The van der Waals surface area contributed by atoms with Crippen LogP contribution in [0.1, 0.15) is 31.7 Å². The van der Waals surface area contributed by atoms with E-state index in [0.717, 1.165) is 59.6 Å². The van der Waals surface area contributed by atoms with E-state index in [9.17, 15) is 9.90 Å². The van der Waals surface area contributed by atoms with E-state index in [0.29, 0.717) is 6.42 Å². The number of aliphatic hydroxyl groups is 1. The summed E-state index contributed by atoms with van der Waals surface area (Å²) in [4.78, 5) is 24.1. The number of aromatic nitrogens is 2. The number of hydrogen-bond acceptors (Lipinski definition) is 5. The van der Waals surface area contributed by atoms with Gasteiger partial charge in [0.25, 0.3) is 0 Å². The van der Waals surface area contributed by atoms with Crippen LogP contribution in [0.3, 0.4) is 0 Å². The topological polar surface area (TPSA) is 78.4 Å². The summed E-state index contributed by atoms with van der Waals surface area (Å²) in [5, 5.41) is 13.7. The smallest absolute Gasteiger partial charge is 0.249 e. The van der Waals surface area contributed by atoms with Crippen LogP contribution in [0, 0.1) is 6.92 Å². The number of aryl methyl sites for hydroxylation is 1. The molecule has 1 aliphatic heterocycles. The molecule has 1 saturated heterocycles. The Morgan fingerprint density at radius 2 is 1.83 bits per heavy atom. The van der Waals surface area contributed by atoms with E-state index in [1.807, 2.05) is 30.3 Å². The van der Waals surface area contributed by atoms with E-state index in [1.54, 1.807) is 6.92 Å². The first kappa shape index (κ1) is 20.3. The number of amides is 1. The summed E-state index contributed by atoms with van der Waals surface area (Å²) in [6.45, 7) is 5.47. The van der Waals surface area contributed by atoms with Gasteiger partial charge in [-0.05, 0) is 43.9 Å². The minimum atomic E-state index is -0.925. The summed E-state index contributed by atoms with van der Waals surface area (Å²) >= 11 is 0. The van der Waals surface area contributed by atoms with Crippen LogP contribution in [-0.4, -0.2) is 46.2 Å². The molecule has 1 amide bonds. The van der Waals surface area contributed by atoms with E-state index in [2.05, 4.69) is 35.3 Å². The number of anilines is 1. The lowest BCUT2D eigenvalue weighted by Gasteiger charge is -2.34. The van der Waals surface area contributed by atoms with Crippen molar-refractivity contribution in [2.75, 3.05) is 18.0 Å². The number of para-hydroxylation sites is 1. The van der Waals surface area contributed by atoms with Crippen molar-refractivity contribution < 1.29 is 9.90 Å². The number of nitrogens with one attached hydrogen (secondary N) is 1. The third kappa shape index (κ3) is 4.14. The van der Waals surface area contributed by atoms with E-state index in [-0.39, 0.29) is 11.9 Å². The summed E-state index contributed by atoms with van der Waals surface area (Å²) in [7, 11) is 0. The molecular weight excluding hydrogens is 376 g/mol. The zero-order valence-corrected chi connectivity index (χ0v) is 17.5. The molecule has 6 heteroatoms. The fourth-order valence-corrected chi connectivity index (χ4v) is 3.96. The predicted molar refractivity (Wildman–Crippen MR) is 119 cm³/mol. The normalized spacial score (nSPS) is 15.9. The van der Waals surface area contributed by atoms with Crippen molar-refractivity contribution in [1.29, 1.82) is 0 Å². The average Bonchev–Trinajstić information content (AvgIpc) is 2.78. The number of fused-ring (bicyclic) bond motifs is 1. The van der Waals surface area contributed by atoms with Gasteiger partial charge in [-0.25, -0.2) is 9.97 Å². The first-order chi connectivity index (χ1) is 14.6. The van der Waals surface area contributed by atoms with Gasteiger partial charge in [-0.2, -0.15) is 0 Å². The molecule has 1 fully saturated rings. The van der Waals surface area contributed by atoms with Gasteiger partial charge in [0.05, 0.1) is 5.52 Å². The number of rotatable bonds is 5. The van der Waals surface area contributed by atoms with Crippen LogP contribution < -0.4 is 10.2 Å². The summed E-state index contributed by atoms with van der Waals surface area (Å²) < 4.78 is 0. The number of benzene rings is 2. The first-order valence-corrected chi connectivity index (χ1v) is 10.6. The van der Waals surface area contributed by atoms with Gasteiger partial charge >= 0.3 is 0 Å². The molecule has 2 N–H and O–H groups in total. The standard InChI is InChI=1S/C24H28N4O2/c1-3-21(29)24(30)25-17-12-14-28(15-13-17)23-19-10-6-7-11-20(19)26-22(27-23)18-9-5-4-8-16(18)2/h4-11,17,21,29H,3,12-15H2,1-2H3,(H,25,30)/t21-/m0/s1. The van der Waals surface area contributed by atoms with E-state index < -0.39 is 6.10 Å². The third-order valence-corrected chi connectivity index (χ3v) is 5.80. The maximum Gasteiger partial charge on any atom is 0.249 e. The Kier molecular flexibility index (Phi) is 5.95. The van der Waals surface area contributed by atoms with Crippen LogP contribution in [0.25, 0.3) is 22.3 Å². The van der Waals surface area contributed by atoms with Crippen molar-refractivity contribution in [2.45, 2.75) is 45.3 Å². The molecular formula is C24H28N4O2. The number of carbonyl (C=O) groups excluding carboxylic acids is 1. The summed E-state index contributed by atoms with van der Waals surface area (Å²) in [5.74, 6) is 1.41. The summed E-state index contributed by atoms with van der Waals surface area (Å²) in [6, 6.07) is 16.4. The Morgan fingerprint density at radius 3 is 2.57 bits per heavy atom. The van der Waals surface area contributed by atoms with E-state index in [4.69, 9.17) is 9.97 Å². The van der Waals surface area contributed by atoms with Gasteiger partial charge in [-0.15, -0.1) is 0 Å². The molecule has 30 heavy (non-hydrogen) atoms. The van der Waals surface area contributed by atoms with Gasteiger partial charge in [0.1, 0.15) is 11.9 Å². The van der Waals surface area contributed by atoms with Crippen LogP contribution >= 0.6 is 0 Å². The van der Waals surface area contributed by atoms with Crippen molar-refractivity contribution in [3.8, 4) is 11.4 Å². The largest absolute Gasteiger partial charge is 0.383 e. The second kappa shape index (κ2) is 8.79. The van der Waals surface area contributed by atoms with Crippen molar-refractivity contribution in [1.82, 2.24) is 15.3 Å². The highest BCUT2D eigenvalue weighted by molar-refractivity contribution is 5.91. The Bertz CT molecular complexity index is 1040. The molecule has 1 atom stereocenters. The maximum atomic E-state index is 12.0. The van der Waals surface area contributed by atoms with E-state index >= 15 is 0 Å². The molecule has 0 unspecified atom stereocenters. The highest BCUT2D eigenvalue weighted by Crippen LogP contribution is 2.30. The molecule has 1 aliphatic rings. The summed E-state index contributed by atoms with van der Waals surface area (Å²) in [5.41, 5.74) is 3.12. The van der Waals surface area contributed by atoms with Crippen molar-refractivity contribution in [2.24, 2.45) is 0 Å². The minimum absolute atomic E-state index is 0.0823. The second-order valence-electron chi connectivity index (χ2n) is 7.90. The van der Waals surface area contributed by atoms with Gasteiger partial charge in [-0.1, -0.05) is 43.3 Å². The van der Waals surface area contributed by atoms with Crippen molar-refractivity contribution in [3.63, 3.8) is 0 Å². The number of carbonyl (C=O) groups is 1. The quantitative estimate of drug-likeness (QED) is 0.681. The van der Waals surface area contributed by atoms with Crippen molar-refractivity contribution >= 4 is 22.6 Å². The van der Waals surface area contributed by atoms with Crippen molar-refractivity contribution in [3.05, 3.63) is 54.1 Å². The Balaban J connectivity index is 1.60. The number of aliphatic hydroxyl groups excluding tert-OH is 1. The predicted octanol–water partition coefficient (Wildman–Crippen LogP) is 3.46. The Hall–Kier alpha value is -2.99. The van der Waals surface area contributed by atoms with Gasteiger partial charge in [0.15, 0.2) is 5.82 Å². The SMILES string of the molecule is CC[C@H](O)C(=O)NC1CCN(c2nc(-c3ccccc3C)nc3ccccc23)CC1. The van der Waals surface area contributed by atoms with Crippen LogP contribution in [-0.2, 0) is 4.79 Å². The highest BCUT2D eigenvalue weighted by Gasteiger charge is 2.25. The van der Waals surface area contributed by atoms with Crippen LogP contribution in [0.5, 0.6) is 0 Å². The molecule has 3 aromatic rings. The number of piperidine rings is 1. The molecule has 0 saturated carbocycles. The van der Waals surface area contributed by atoms with Crippen LogP contribution in [0.2, 0.25) is 0 Å². The lowest BCUT2D eigenvalue weighted by atomic mass is 10.0. The lowest BCUT2D eigenvalue weighted by molar-refractivity contribution is -0.130. The molecule has 2 heterocycles. The maximum absolute atomic E-state index is 12.0. The zero-order valence-electron chi connectivity index (χ0n) is 17.5. The highest BCUT2D eigenvalue weighted by atomic mass is 16.3. The number of hydrogen-bond donors (Lipinski definition) is 2. The molecule has 4 rings (SSSR count). The van der Waals surface area contributed by atoms with Gasteiger partial charge in [0.2, 0.25) is 5.91 Å². The van der Waals surface area contributed by atoms with Crippen LogP contribution in [0.15, 0.2) is 48.5 Å². The lowest BCUT2D eigenvalue weighted by Crippen LogP contribution is -2.47. The molecule has 0 spiro atoms. The van der Waals surface area contributed by atoms with Crippen LogP contribution in [0.4, 0.5) is 5.82 Å². The zero-order chi connectivity index (χ0) is 21.1. The average molecular weight is 405 g/mol. The molecule has 2 aromatic carbocycles. The van der Waals surface area contributed by atoms with E-state index in [1.165, 1.54) is 0 Å². The molecule has 0 radical (unpaired) electrons. The monoisotopic (exact) mass is 404 g/mol. The van der Waals surface area contributed by atoms with Gasteiger partial charge in [-0.3, -0.25) is 4.79 Å². The number of nitrogens with zero attached hydrogens (tertiary/aromatic N) is 3. The Labute approximate surface area is 177 Å².